The summed E-state index contributed by atoms with van der Waals surface area (Å²) in [7, 11) is 1.74. The number of hydrogen-bond donors (Lipinski definition) is 3. The summed E-state index contributed by atoms with van der Waals surface area (Å²) in [5.41, 5.74) is 5.58. The Balaban J connectivity index is 2.24. The fourth-order valence-electron chi connectivity index (χ4n) is 1.64. The molecular weight excluding hydrogens is 280 g/mol. The van der Waals surface area contributed by atoms with Crippen molar-refractivity contribution in [2.24, 2.45) is 0 Å². The minimum absolute atomic E-state index is 0.000612. The summed E-state index contributed by atoms with van der Waals surface area (Å²) >= 11 is 1.24. The number of hydrogen-bond acceptors (Lipinski definition) is 6. The van der Waals surface area contributed by atoms with Crippen molar-refractivity contribution >= 4 is 34.8 Å². The van der Waals surface area contributed by atoms with Crippen molar-refractivity contribution in [1.82, 2.24) is 24.8 Å². The van der Waals surface area contributed by atoms with Crippen LogP contribution in [0.5, 0.6) is 0 Å². The van der Waals surface area contributed by atoms with Crippen LogP contribution in [-0.4, -0.2) is 49.6 Å². The van der Waals surface area contributed by atoms with Crippen molar-refractivity contribution in [3.8, 4) is 0 Å². The number of thioether (sulfide) groups is 1. The van der Waals surface area contributed by atoms with Crippen LogP contribution in [0.25, 0.3) is 11.2 Å². The Morgan fingerprint density at radius 2 is 2.15 bits per heavy atom. The average molecular weight is 296 g/mol. The smallest absolute Gasteiger partial charge is 0.278 e. The predicted molar refractivity (Wildman–Crippen MR) is 77.6 cm³/mol. The van der Waals surface area contributed by atoms with Crippen molar-refractivity contribution in [3.05, 3.63) is 10.4 Å². The van der Waals surface area contributed by atoms with Crippen molar-refractivity contribution in [1.29, 1.82) is 0 Å². The molecule has 2 aromatic heterocycles. The third-order valence-corrected chi connectivity index (χ3v) is 3.82. The Morgan fingerprint density at radius 1 is 1.45 bits per heavy atom. The van der Waals surface area contributed by atoms with Gasteiger partial charge in [-0.25, -0.2) is 4.98 Å². The van der Waals surface area contributed by atoms with Crippen LogP contribution in [0, 0.1) is 0 Å². The number of amides is 1. The van der Waals surface area contributed by atoms with Crippen LogP contribution in [0.15, 0.2) is 9.95 Å². The first-order valence-electron chi connectivity index (χ1n) is 6.09. The van der Waals surface area contributed by atoms with Gasteiger partial charge >= 0.3 is 0 Å². The molecule has 0 fully saturated rings. The predicted octanol–water partition coefficient (Wildman–Crippen LogP) is 0.187. The molecule has 0 aliphatic carbocycles. The lowest BCUT2D eigenvalue weighted by Gasteiger charge is -2.18. The monoisotopic (exact) mass is 296 g/mol. The molecule has 20 heavy (non-hydrogen) atoms. The topological polar surface area (TPSA) is 121 Å². The van der Waals surface area contributed by atoms with E-state index < -0.39 is 0 Å². The van der Waals surface area contributed by atoms with Crippen molar-refractivity contribution in [2.75, 3.05) is 19.3 Å². The number of rotatable bonds is 4. The molecule has 2 heterocycles. The van der Waals surface area contributed by atoms with Crippen molar-refractivity contribution < 1.29 is 4.79 Å². The van der Waals surface area contributed by atoms with Gasteiger partial charge in [0.2, 0.25) is 11.9 Å². The second-order valence-electron chi connectivity index (χ2n) is 4.30. The molecule has 9 heteroatoms. The summed E-state index contributed by atoms with van der Waals surface area (Å²) in [6.07, 6.45) is 0. The molecule has 0 bridgehead atoms. The van der Waals surface area contributed by atoms with Crippen molar-refractivity contribution in [3.63, 3.8) is 0 Å². The molecule has 0 saturated carbocycles. The maximum atomic E-state index is 12.0. The minimum atomic E-state index is -0.378. The number of nitrogens with two attached hydrogens (primary N) is 1. The highest BCUT2D eigenvalue weighted by Crippen LogP contribution is 2.22. The van der Waals surface area contributed by atoms with E-state index in [0.717, 1.165) is 0 Å². The molecule has 2 aromatic rings. The SMILES string of the molecule is CCN(C)C(=O)C(C)Sc1nc2nc(N)[nH]c(=O)c2[nH]1. The molecule has 2 rings (SSSR count). The summed E-state index contributed by atoms with van der Waals surface area (Å²) in [6.45, 7) is 4.34. The van der Waals surface area contributed by atoms with Crippen LogP contribution < -0.4 is 11.3 Å². The third kappa shape index (κ3) is 2.77. The van der Waals surface area contributed by atoms with Gasteiger partial charge in [-0.3, -0.25) is 14.6 Å². The fourth-order valence-corrected chi connectivity index (χ4v) is 2.56. The second kappa shape index (κ2) is 5.53. The van der Waals surface area contributed by atoms with Gasteiger partial charge in [-0.2, -0.15) is 4.98 Å². The number of nitrogen functional groups attached to an aromatic ring is 1. The van der Waals surface area contributed by atoms with E-state index in [1.807, 2.05) is 6.92 Å². The summed E-state index contributed by atoms with van der Waals surface area (Å²) in [5, 5.41) is 0.158. The van der Waals surface area contributed by atoms with E-state index in [1.54, 1.807) is 18.9 Å². The first kappa shape index (κ1) is 14.4. The molecule has 0 aromatic carbocycles. The number of carbonyl (C=O) groups excluding carboxylic acids is 1. The highest BCUT2D eigenvalue weighted by Gasteiger charge is 2.20. The van der Waals surface area contributed by atoms with Gasteiger partial charge in [0.1, 0.15) is 0 Å². The molecule has 0 aliphatic heterocycles. The number of aromatic amines is 2. The number of nitrogens with zero attached hydrogens (tertiary/aromatic N) is 3. The van der Waals surface area contributed by atoms with Gasteiger partial charge in [0, 0.05) is 13.6 Å². The van der Waals surface area contributed by atoms with E-state index in [-0.39, 0.29) is 33.8 Å². The maximum absolute atomic E-state index is 12.0. The van der Waals surface area contributed by atoms with Crippen LogP contribution in [0.2, 0.25) is 0 Å². The van der Waals surface area contributed by atoms with E-state index in [1.165, 1.54) is 11.8 Å². The second-order valence-corrected chi connectivity index (χ2v) is 5.63. The van der Waals surface area contributed by atoms with Gasteiger partial charge in [-0.15, -0.1) is 0 Å². The normalized spacial score (nSPS) is 12.6. The van der Waals surface area contributed by atoms with Gasteiger partial charge in [0.05, 0.1) is 5.25 Å². The van der Waals surface area contributed by atoms with Gasteiger partial charge in [0.25, 0.3) is 5.56 Å². The number of fused-ring (bicyclic) bond motifs is 1. The van der Waals surface area contributed by atoms with Crippen LogP contribution in [0.1, 0.15) is 13.8 Å². The molecule has 8 nitrogen and oxygen atoms in total. The van der Waals surface area contributed by atoms with Gasteiger partial charge < -0.3 is 15.6 Å². The fraction of sp³-hybridized carbons (Fsp3) is 0.455. The van der Waals surface area contributed by atoms with E-state index in [0.29, 0.717) is 11.7 Å². The molecular formula is C11H16N6O2S. The average Bonchev–Trinajstić information content (AvgIpc) is 2.79. The summed E-state index contributed by atoms with van der Waals surface area (Å²) in [4.78, 5) is 38.6. The highest BCUT2D eigenvalue weighted by atomic mass is 32.2. The van der Waals surface area contributed by atoms with Crippen LogP contribution >= 0.6 is 11.8 Å². The lowest BCUT2D eigenvalue weighted by atomic mass is 10.4. The molecule has 4 N–H and O–H groups in total. The molecule has 0 aliphatic rings. The summed E-state index contributed by atoms with van der Waals surface area (Å²) in [6, 6.07) is 0. The Bertz CT molecular complexity index is 694. The summed E-state index contributed by atoms with van der Waals surface area (Å²) in [5.74, 6) is 0.0136. The molecule has 0 saturated heterocycles. The number of aromatic nitrogens is 4. The minimum Gasteiger partial charge on any atom is -0.369 e. The molecule has 0 spiro atoms. The zero-order chi connectivity index (χ0) is 14.9. The van der Waals surface area contributed by atoms with Crippen LogP contribution in [0.4, 0.5) is 5.95 Å². The van der Waals surface area contributed by atoms with Gasteiger partial charge in [0.15, 0.2) is 16.3 Å². The lowest BCUT2D eigenvalue weighted by Crippen LogP contribution is -2.32. The number of H-pyrrole nitrogens is 2. The number of anilines is 1. The molecule has 0 radical (unpaired) electrons. The zero-order valence-corrected chi connectivity index (χ0v) is 12.2. The van der Waals surface area contributed by atoms with Crippen molar-refractivity contribution in [2.45, 2.75) is 24.3 Å². The Kier molecular flexibility index (Phi) is 3.98. The Labute approximate surface area is 119 Å². The molecule has 1 atom stereocenters. The standard InChI is InChI=1S/C11H16N6O2S/c1-4-17(3)9(19)5(2)20-11-13-6-7(15-11)14-10(12)16-8(6)18/h5H,4H2,1-3H3,(H4,12,13,14,15,16,18). The first-order valence-corrected chi connectivity index (χ1v) is 6.97. The largest absolute Gasteiger partial charge is 0.369 e. The number of carbonyl (C=O) groups is 1. The molecule has 1 unspecified atom stereocenters. The number of imidazole rings is 1. The quantitative estimate of drug-likeness (QED) is 0.692. The van der Waals surface area contributed by atoms with E-state index >= 15 is 0 Å². The Morgan fingerprint density at radius 3 is 2.80 bits per heavy atom. The summed E-state index contributed by atoms with van der Waals surface area (Å²) < 4.78 is 0. The highest BCUT2D eigenvalue weighted by molar-refractivity contribution is 8.00. The van der Waals surface area contributed by atoms with E-state index in [9.17, 15) is 9.59 Å². The third-order valence-electron chi connectivity index (χ3n) is 2.84. The first-order chi connectivity index (χ1) is 9.42. The zero-order valence-electron chi connectivity index (χ0n) is 11.4. The van der Waals surface area contributed by atoms with Crippen LogP contribution in [0.3, 0.4) is 0 Å². The maximum Gasteiger partial charge on any atom is 0.278 e. The molecule has 108 valence electrons. The van der Waals surface area contributed by atoms with E-state index in [4.69, 9.17) is 5.73 Å². The van der Waals surface area contributed by atoms with Gasteiger partial charge in [-0.1, -0.05) is 11.8 Å². The van der Waals surface area contributed by atoms with Gasteiger partial charge in [-0.05, 0) is 13.8 Å². The van der Waals surface area contributed by atoms with Crippen LogP contribution in [-0.2, 0) is 4.79 Å². The molecule has 1 amide bonds. The Hall–Kier alpha value is -2.03. The van der Waals surface area contributed by atoms with E-state index in [2.05, 4.69) is 19.9 Å². The lowest BCUT2D eigenvalue weighted by molar-refractivity contribution is -0.128. The number of nitrogens with one attached hydrogen (secondary N) is 2.